The van der Waals surface area contributed by atoms with Gasteiger partial charge in [0.05, 0.1) is 6.21 Å². The van der Waals surface area contributed by atoms with Crippen molar-refractivity contribution in [3.63, 3.8) is 0 Å². The van der Waals surface area contributed by atoms with E-state index in [0.29, 0.717) is 6.61 Å². The van der Waals surface area contributed by atoms with Gasteiger partial charge < -0.3 is 10.5 Å². The summed E-state index contributed by atoms with van der Waals surface area (Å²) in [7, 11) is 0. The largest absolute Gasteiger partial charge is 0.460 e. The fraction of sp³-hybridized carbons (Fsp3) is 0.0588. The van der Waals surface area contributed by atoms with Gasteiger partial charge in [-0.15, -0.1) is 0 Å². The standard InChI is InChI=1S/C17H17N3O/c18-17(20-19-14-16-10-5-2-6-11-16)21-13-7-12-15-8-3-1-4-9-15/h1-12,14H,13H2,(H2,18,20)/b12-7+,19-14-. The molecule has 4 heteroatoms. The zero-order valence-electron chi connectivity index (χ0n) is 11.6. The molecule has 2 N–H and O–H groups in total. The Bertz CT molecular complexity index is 619. The lowest BCUT2D eigenvalue weighted by molar-refractivity contribution is 0.343. The molecule has 0 amide bonds. The van der Waals surface area contributed by atoms with Gasteiger partial charge in [0, 0.05) is 0 Å². The number of nitrogens with zero attached hydrogens (tertiary/aromatic N) is 2. The fourth-order valence-corrected chi connectivity index (χ4v) is 1.60. The minimum Gasteiger partial charge on any atom is -0.460 e. The molecule has 106 valence electrons. The third-order valence-corrected chi connectivity index (χ3v) is 2.60. The second-order valence-electron chi connectivity index (χ2n) is 4.22. The molecule has 0 spiro atoms. The molecule has 4 nitrogen and oxygen atoms in total. The fourth-order valence-electron chi connectivity index (χ4n) is 1.60. The van der Waals surface area contributed by atoms with Gasteiger partial charge in [0.1, 0.15) is 6.61 Å². The van der Waals surface area contributed by atoms with Crippen LogP contribution in [0.15, 0.2) is 76.9 Å². The first-order valence-electron chi connectivity index (χ1n) is 6.60. The summed E-state index contributed by atoms with van der Waals surface area (Å²) in [6.45, 7) is 0.352. The van der Waals surface area contributed by atoms with E-state index in [0.717, 1.165) is 11.1 Å². The minimum atomic E-state index is 0.0416. The van der Waals surface area contributed by atoms with Crippen molar-refractivity contribution in [2.45, 2.75) is 0 Å². The van der Waals surface area contributed by atoms with E-state index in [1.165, 1.54) is 0 Å². The van der Waals surface area contributed by atoms with Gasteiger partial charge in [-0.2, -0.15) is 5.10 Å². The average Bonchev–Trinajstić information content (AvgIpc) is 2.54. The number of hydrogen-bond donors (Lipinski definition) is 1. The van der Waals surface area contributed by atoms with E-state index >= 15 is 0 Å². The van der Waals surface area contributed by atoms with Crippen molar-refractivity contribution in [1.82, 2.24) is 0 Å². The summed E-state index contributed by atoms with van der Waals surface area (Å²) in [5, 5.41) is 7.64. The summed E-state index contributed by atoms with van der Waals surface area (Å²) in [4.78, 5) is 0. The van der Waals surface area contributed by atoms with Gasteiger partial charge in [-0.05, 0) is 17.2 Å². The molecule has 0 aliphatic heterocycles. The van der Waals surface area contributed by atoms with Crippen LogP contribution in [0.1, 0.15) is 11.1 Å². The van der Waals surface area contributed by atoms with Crippen LogP contribution < -0.4 is 5.73 Å². The lowest BCUT2D eigenvalue weighted by Gasteiger charge is -1.98. The molecule has 0 aliphatic carbocycles. The molecule has 2 aromatic rings. The molecule has 0 atom stereocenters. The van der Waals surface area contributed by atoms with Crippen molar-refractivity contribution in [2.24, 2.45) is 15.9 Å². The molecule has 0 bridgehead atoms. The molecule has 0 fully saturated rings. The lowest BCUT2D eigenvalue weighted by Crippen LogP contribution is -2.15. The van der Waals surface area contributed by atoms with E-state index in [1.54, 1.807) is 6.21 Å². The van der Waals surface area contributed by atoms with Crippen LogP contribution in [0.5, 0.6) is 0 Å². The predicted molar refractivity (Wildman–Crippen MR) is 87.1 cm³/mol. The first-order chi connectivity index (χ1) is 10.3. The molecular weight excluding hydrogens is 262 g/mol. The Labute approximate surface area is 124 Å². The maximum atomic E-state index is 5.60. The highest BCUT2D eigenvalue weighted by molar-refractivity contribution is 5.80. The number of amidine groups is 1. The highest BCUT2D eigenvalue weighted by Gasteiger charge is 1.89. The third kappa shape index (κ3) is 5.74. The van der Waals surface area contributed by atoms with E-state index in [9.17, 15) is 0 Å². The molecule has 2 aromatic carbocycles. The van der Waals surface area contributed by atoms with E-state index in [4.69, 9.17) is 10.5 Å². The van der Waals surface area contributed by atoms with Crippen LogP contribution in [0.4, 0.5) is 0 Å². The van der Waals surface area contributed by atoms with Crippen molar-refractivity contribution in [1.29, 1.82) is 0 Å². The average molecular weight is 279 g/mol. The first-order valence-corrected chi connectivity index (χ1v) is 6.60. The predicted octanol–water partition coefficient (Wildman–Crippen LogP) is 3.07. The molecule has 0 saturated carbocycles. The molecule has 0 aliphatic rings. The summed E-state index contributed by atoms with van der Waals surface area (Å²) in [6.07, 6.45) is 5.45. The number of hydrogen-bond acceptors (Lipinski definition) is 3. The van der Waals surface area contributed by atoms with Crippen LogP contribution in [0.25, 0.3) is 6.08 Å². The van der Waals surface area contributed by atoms with Crippen LogP contribution in [-0.4, -0.2) is 18.8 Å². The van der Waals surface area contributed by atoms with Gasteiger partial charge in [0.15, 0.2) is 0 Å². The molecule has 0 saturated heterocycles. The molecule has 0 heterocycles. The van der Waals surface area contributed by atoms with E-state index in [1.807, 2.05) is 72.8 Å². The second kappa shape index (κ2) is 8.32. The first kappa shape index (κ1) is 14.5. The Morgan fingerprint density at radius 2 is 1.57 bits per heavy atom. The van der Waals surface area contributed by atoms with Gasteiger partial charge in [-0.1, -0.05) is 71.8 Å². The smallest absolute Gasteiger partial charge is 0.306 e. The summed E-state index contributed by atoms with van der Waals surface area (Å²) >= 11 is 0. The zero-order chi connectivity index (χ0) is 14.8. The van der Waals surface area contributed by atoms with E-state index < -0.39 is 0 Å². The van der Waals surface area contributed by atoms with Gasteiger partial charge in [-0.3, -0.25) is 0 Å². The Balaban J connectivity index is 1.76. The Morgan fingerprint density at radius 1 is 0.952 bits per heavy atom. The summed E-state index contributed by atoms with van der Waals surface area (Å²) in [6, 6.07) is 19.7. The second-order valence-corrected chi connectivity index (χ2v) is 4.22. The Hall–Kier alpha value is -2.88. The maximum Gasteiger partial charge on any atom is 0.306 e. The summed E-state index contributed by atoms with van der Waals surface area (Å²) in [5.41, 5.74) is 7.66. The normalized spacial score (nSPS) is 12.1. The van der Waals surface area contributed by atoms with Gasteiger partial charge in [0.2, 0.25) is 0 Å². The molecule has 2 rings (SSSR count). The molecule has 0 aromatic heterocycles. The SMILES string of the molecule is N/C(=N/N=C\c1ccccc1)OC/C=C/c1ccccc1. The number of nitrogens with two attached hydrogens (primary N) is 1. The van der Waals surface area contributed by atoms with E-state index in [2.05, 4.69) is 10.2 Å². The minimum absolute atomic E-state index is 0.0416. The zero-order valence-corrected chi connectivity index (χ0v) is 11.6. The molecule has 0 radical (unpaired) electrons. The maximum absolute atomic E-state index is 5.60. The van der Waals surface area contributed by atoms with Crippen LogP contribution >= 0.6 is 0 Å². The Morgan fingerprint density at radius 3 is 2.24 bits per heavy atom. The van der Waals surface area contributed by atoms with Gasteiger partial charge in [0.25, 0.3) is 0 Å². The van der Waals surface area contributed by atoms with Gasteiger partial charge >= 0.3 is 6.02 Å². The van der Waals surface area contributed by atoms with Crippen LogP contribution in [-0.2, 0) is 4.74 Å². The highest BCUT2D eigenvalue weighted by Crippen LogP contribution is 2.00. The number of benzene rings is 2. The van der Waals surface area contributed by atoms with Crippen LogP contribution in [0.2, 0.25) is 0 Å². The van der Waals surface area contributed by atoms with E-state index in [-0.39, 0.29) is 6.02 Å². The molecule has 21 heavy (non-hydrogen) atoms. The monoisotopic (exact) mass is 279 g/mol. The van der Waals surface area contributed by atoms with Crippen molar-refractivity contribution in [2.75, 3.05) is 6.61 Å². The Kier molecular flexibility index (Phi) is 5.76. The highest BCUT2D eigenvalue weighted by atomic mass is 16.5. The lowest BCUT2D eigenvalue weighted by atomic mass is 10.2. The summed E-state index contributed by atoms with van der Waals surface area (Å²) < 4.78 is 5.23. The number of rotatable bonds is 5. The van der Waals surface area contributed by atoms with Crippen LogP contribution in [0, 0.1) is 0 Å². The topological polar surface area (TPSA) is 60.0 Å². The van der Waals surface area contributed by atoms with Gasteiger partial charge in [-0.25, -0.2) is 0 Å². The molecular formula is C17H17N3O. The van der Waals surface area contributed by atoms with Crippen LogP contribution in [0.3, 0.4) is 0 Å². The van der Waals surface area contributed by atoms with Crippen molar-refractivity contribution >= 4 is 18.3 Å². The van der Waals surface area contributed by atoms with Crippen molar-refractivity contribution in [3.8, 4) is 0 Å². The van der Waals surface area contributed by atoms with Crippen molar-refractivity contribution in [3.05, 3.63) is 77.9 Å². The third-order valence-electron chi connectivity index (χ3n) is 2.60. The number of ether oxygens (including phenoxy) is 1. The summed E-state index contributed by atoms with van der Waals surface area (Å²) in [5.74, 6) is 0. The van der Waals surface area contributed by atoms with Crippen molar-refractivity contribution < 1.29 is 4.74 Å². The molecule has 0 unspecified atom stereocenters. The quantitative estimate of drug-likeness (QED) is 0.519.